The zero-order valence-electron chi connectivity index (χ0n) is 8.74. The third kappa shape index (κ3) is 2.35. The molecule has 0 bridgehead atoms. The number of aliphatic carboxylic acids is 1. The first-order chi connectivity index (χ1) is 7.87. The summed E-state index contributed by atoms with van der Waals surface area (Å²) in [6, 6.07) is 4.07. The Kier molecular flexibility index (Phi) is 2.49. The van der Waals surface area contributed by atoms with Crippen LogP contribution < -0.4 is 9.47 Å². The molecule has 90 valence electrons. The van der Waals surface area contributed by atoms with Gasteiger partial charge in [0.25, 0.3) is 0 Å². The zero-order valence-corrected chi connectivity index (χ0v) is 8.74. The van der Waals surface area contributed by atoms with Gasteiger partial charge in [-0.15, -0.1) is 8.78 Å². The molecule has 1 aromatic carbocycles. The van der Waals surface area contributed by atoms with Crippen LogP contribution in [0.5, 0.6) is 11.5 Å². The number of alkyl halides is 2. The summed E-state index contributed by atoms with van der Waals surface area (Å²) in [4.78, 5) is 10.6. The summed E-state index contributed by atoms with van der Waals surface area (Å²) >= 11 is 0. The van der Waals surface area contributed by atoms with Gasteiger partial charge >= 0.3 is 12.3 Å². The van der Waals surface area contributed by atoms with Crippen LogP contribution in [0.1, 0.15) is 12.5 Å². The Morgan fingerprint density at radius 1 is 1.35 bits per heavy atom. The third-order valence-corrected chi connectivity index (χ3v) is 2.15. The summed E-state index contributed by atoms with van der Waals surface area (Å²) in [6.07, 6.45) is -2.31. The average molecular weight is 242 g/mol. The zero-order chi connectivity index (χ0) is 12.6. The van der Waals surface area contributed by atoms with Crippen LogP contribution in [0.25, 0.3) is 6.08 Å². The first-order valence-electron chi connectivity index (χ1n) is 4.69. The molecule has 0 aromatic heterocycles. The second-order valence-corrected chi connectivity index (χ2v) is 3.51. The van der Waals surface area contributed by atoms with E-state index >= 15 is 0 Å². The highest BCUT2D eigenvalue weighted by atomic mass is 19.3. The number of carboxylic acid groups (broad SMARTS) is 1. The highest BCUT2D eigenvalue weighted by Crippen LogP contribution is 2.41. The fourth-order valence-corrected chi connectivity index (χ4v) is 1.37. The summed E-state index contributed by atoms with van der Waals surface area (Å²) in [5, 5.41) is 8.68. The number of fused-ring (bicyclic) bond motifs is 1. The summed E-state index contributed by atoms with van der Waals surface area (Å²) in [7, 11) is 0. The maximum atomic E-state index is 12.7. The standard InChI is InChI=1S/C11H8F2O4/c1-6(10(14)15)4-7-2-3-8-9(5-7)17-11(12,13)16-8/h2-5H,1H3,(H,14,15)/b6-4+. The molecule has 17 heavy (non-hydrogen) atoms. The van der Waals surface area contributed by atoms with Crippen molar-refractivity contribution in [3.63, 3.8) is 0 Å². The van der Waals surface area contributed by atoms with Gasteiger partial charge in [0.15, 0.2) is 11.5 Å². The summed E-state index contributed by atoms with van der Waals surface area (Å²) in [6.45, 7) is 1.40. The van der Waals surface area contributed by atoms with Crippen molar-refractivity contribution in [3.05, 3.63) is 29.3 Å². The van der Waals surface area contributed by atoms with E-state index in [1.165, 1.54) is 31.2 Å². The van der Waals surface area contributed by atoms with Crippen LogP contribution in [0.15, 0.2) is 23.8 Å². The van der Waals surface area contributed by atoms with Crippen LogP contribution in [0.2, 0.25) is 0 Å². The number of ether oxygens (including phenoxy) is 2. The Balaban J connectivity index is 2.31. The fourth-order valence-electron chi connectivity index (χ4n) is 1.37. The van der Waals surface area contributed by atoms with Gasteiger partial charge in [-0.05, 0) is 30.7 Å². The van der Waals surface area contributed by atoms with Crippen molar-refractivity contribution in [2.75, 3.05) is 0 Å². The van der Waals surface area contributed by atoms with E-state index in [0.29, 0.717) is 5.56 Å². The average Bonchev–Trinajstić information content (AvgIpc) is 2.50. The van der Waals surface area contributed by atoms with E-state index < -0.39 is 12.3 Å². The fraction of sp³-hybridized carbons (Fsp3) is 0.182. The number of hydrogen-bond donors (Lipinski definition) is 1. The van der Waals surface area contributed by atoms with E-state index in [0.717, 1.165) is 0 Å². The second kappa shape index (κ2) is 3.73. The lowest BCUT2D eigenvalue weighted by Gasteiger charge is -2.04. The van der Waals surface area contributed by atoms with Gasteiger partial charge in [0.05, 0.1) is 0 Å². The number of rotatable bonds is 2. The molecule has 0 fully saturated rings. The van der Waals surface area contributed by atoms with Crippen LogP contribution in [0.4, 0.5) is 8.78 Å². The largest absolute Gasteiger partial charge is 0.586 e. The molecule has 0 saturated carbocycles. The van der Waals surface area contributed by atoms with E-state index in [-0.39, 0.29) is 17.1 Å². The van der Waals surface area contributed by atoms with Gasteiger partial charge in [-0.1, -0.05) is 6.07 Å². The maximum Gasteiger partial charge on any atom is 0.586 e. The molecule has 6 heteroatoms. The Hall–Kier alpha value is -2.11. The monoisotopic (exact) mass is 242 g/mol. The maximum absolute atomic E-state index is 12.7. The predicted octanol–water partition coefficient (Wildman–Crippen LogP) is 2.50. The quantitative estimate of drug-likeness (QED) is 0.809. The molecule has 2 rings (SSSR count). The summed E-state index contributed by atoms with van der Waals surface area (Å²) in [5.74, 6) is -1.25. The van der Waals surface area contributed by atoms with Gasteiger partial charge in [0.2, 0.25) is 0 Å². The SMILES string of the molecule is C/C(=C\c1ccc2c(c1)OC(F)(F)O2)C(=O)O. The number of hydrogen-bond acceptors (Lipinski definition) is 3. The Morgan fingerprint density at radius 2 is 2.00 bits per heavy atom. The minimum Gasteiger partial charge on any atom is -0.478 e. The Bertz CT molecular complexity index is 508. The van der Waals surface area contributed by atoms with E-state index in [1.54, 1.807) is 0 Å². The molecule has 0 amide bonds. The molecule has 1 aliphatic heterocycles. The van der Waals surface area contributed by atoms with Gasteiger partial charge in [0, 0.05) is 5.57 Å². The smallest absolute Gasteiger partial charge is 0.478 e. The van der Waals surface area contributed by atoms with Crippen molar-refractivity contribution in [2.45, 2.75) is 13.2 Å². The number of halogens is 2. The lowest BCUT2D eigenvalue weighted by Crippen LogP contribution is -2.25. The highest BCUT2D eigenvalue weighted by Gasteiger charge is 2.43. The molecule has 0 atom stereocenters. The molecule has 0 aliphatic carbocycles. The normalized spacial score (nSPS) is 17.0. The summed E-state index contributed by atoms with van der Waals surface area (Å²) < 4.78 is 33.9. The highest BCUT2D eigenvalue weighted by molar-refractivity contribution is 5.91. The van der Waals surface area contributed by atoms with E-state index in [9.17, 15) is 13.6 Å². The lowest BCUT2D eigenvalue weighted by molar-refractivity contribution is -0.286. The minimum atomic E-state index is -3.66. The second-order valence-electron chi connectivity index (χ2n) is 3.51. The number of benzene rings is 1. The molecular weight excluding hydrogens is 234 g/mol. The lowest BCUT2D eigenvalue weighted by atomic mass is 10.1. The summed E-state index contributed by atoms with van der Waals surface area (Å²) in [5.41, 5.74) is 0.542. The number of carbonyl (C=O) groups is 1. The molecule has 0 unspecified atom stereocenters. The van der Waals surface area contributed by atoms with Gasteiger partial charge in [-0.25, -0.2) is 4.79 Å². The van der Waals surface area contributed by atoms with Gasteiger partial charge in [-0.3, -0.25) is 0 Å². The molecule has 1 heterocycles. The third-order valence-electron chi connectivity index (χ3n) is 2.15. The van der Waals surface area contributed by atoms with Crippen LogP contribution in [-0.2, 0) is 4.79 Å². The van der Waals surface area contributed by atoms with Crippen molar-refractivity contribution >= 4 is 12.0 Å². The van der Waals surface area contributed by atoms with Crippen molar-refractivity contribution in [1.82, 2.24) is 0 Å². The van der Waals surface area contributed by atoms with Crippen LogP contribution in [0, 0.1) is 0 Å². The van der Waals surface area contributed by atoms with Crippen molar-refractivity contribution < 1.29 is 28.2 Å². The van der Waals surface area contributed by atoms with Crippen molar-refractivity contribution in [1.29, 1.82) is 0 Å². The molecule has 1 aliphatic rings. The van der Waals surface area contributed by atoms with Crippen molar-refractivity contribution in [2.24, 2.45) is 0 Å². The van der Waals surface area contributed by atoms with Crippen LogP contribution in [0.3, 0.4) is 0 Å². The first-order valence-corrected chi connectivity index (χ1v) is 4.69. The number of carboxylic acids is 1. The molecule has 0 saturated heterocycles. The molecule has 0 spiro atoms. The Labute approximate surface area is 95.1 Å². The van der Waals surface area contributed by atoms with Crippen LogP contribution in [-0.4, -0.2) is 17.4 Å². The van der Waals surface area contributed by atoms with Gasteiger partial charge < -0.3 is 14.6 Å². The van der Waals surface area contributed by atoms with E-state index in [4.69, 9.17) is 5.11 Å². The van der Waals surface area contributed by atoms with Crippen molar-refractivity contribution in [3.8, 4) is 11.5 Å². The molecule has 1 aromatic rings. The van der Waals surface area contributed by atoms with Crippen LogP contribution >= 0.6 is 0 Å². The van der Waals surface area contributed by atoms with Gasteiger partial charge in [0.1, 0.15) is 0 Å². The molecule has 1 N–H and O–H groups in total. The predicted molar refractivity (Wildman–Crippen MR) is 53.9 cm³/mol. The van der Waals surface area contributed by atoms with E-state index in [1.807, 2.05) is 0 Å². The topological polar surface area (TPSA) is 55.8 Å². The first kappa shape index (κ1) is 11.4. The molecule has 0 radical (unpaired) electrons. The van der Waals surface area contributed by atoms with Gasteiger partial charge in [-0.2, -0.15) is 0 Å². The molecule has 4 nitrogen and oxygen atoms in total. The minimum absolute atomic E-state index is 0.0693. The Morgan fingerprint density at radius 3 is 2.65 bits per heavy atom. The van der Waals surface area contributed by atoms with E-state index in [2.05, 4.69) is 9.47 Å². The molecular formula is C11H8F2O4.